The van der Waals surface area contributed by atoms with Crippen molar-refractivity contribution in [3.05, 3.63) is 76.3 Å². The van der Waals surface area contributed by atoms with Crippen LogP contribution in [0.5, 0.6) is 5.75 Å². The Labute approximate surface area is 160 Å². The van der Waals surface area contributed by atoms with Gasteiger partial charge in [0.2, 0.25) is 5.43 Å². The van der Waals surface area contributed by atoms with Crippen molar-refractivity contribution in [3.8, 4) is 17.0 Å². The molecule has 0 atom stereocenters. The lowest BCUT2D eigenvalue weighted by Gasteiger charge is -2.15. The van der Waals surface area contributed by atoms with Gasteiger partial charge in [-0.05, 0) is 17.7 Å². The van der Waals surface area contributed by atoms with Crippen LogP contribution >= 0.6 is 0 Å². The summed E-state index contributed by atoms with van der Waals surface area (Å²) in [6.07, 6.45) is -2.04. The van der Waals surface area contributed by atoms with Crippen LogP contribution in [-0.2, 0) is 6.54 Å². The first-order valence-corrected chi connectivity index (χ1v) is 8.13. The zero-order valence-corrected chi connectivity index (χ0v) is 14.6. The van der Waals surface area contributed by atoms with E-state index in [0.29, 0.717) is 15.7 Å². The number of halogens is 3. The van der Waals surface area contributed by atoms with Gasteiger partial charge < -0.3 is 14.8 Å². The molecule has 0 fully saturated rings. The molecule has 3 aromatic rings. The summed E-state index contributed by atoms with van der Waals surface area (Å²) in [7, 11) is 0. The van der Waals surface area contributed by atoms with Crippen molar-refractivity contribution in [2.45, 2.75) is 12.7 Å². The predicted octanol–water partition coefficient (Wildman–Crippen LogP) is 2.97. The number of aromatic hydroxyl groups is 1. The molecule has 0 amide bonds. The highest BCUT2D eigenvalue weighted by Gasteiger charge is 2.40. The second kappa shape index (κ2) is 7.30. The summed E-state index contributed by atoms with van der Waals surface area (Å²) in [6, 6.07) is 8.89. The highest BCUT2D eigenvalue weighted by Crippen LogP contribution is 2.28. The van der Waals surface area contributed by atoms with Crippen LogP contribution in [0.25, 0.3) is 11.3 Å². The lowest BCUT2D eigenvalue weighted by atomic mass is 10.0. The van der Waals surface area contributed by atoms with Crippen LogP contribution in [0.3, 0.4) is 0 Å². The Balaban J connectivity index is 2.07. The van der Waals surface area contributed by atoms with Gasteiger partial charge in [-0.15, -0.1) is 0 Å². The van der Waals surface area contributed by atoms with E-state index in [9.17, 15) is 32.7 Å². The van der Waals surface area contributed by atoms with Crippen LogP contribution in [0.15, 0.2) is 59.8 Å². The largest absolute Gasteiger partial charge is 0.503 e. The molecule has 3 rings (SSSR count). The Kier molecular flexibility index (Phi) is 5.02. The highest BCUT2D eigenvalue weighted by atomic mass is 19.4. The number of aromatic nitrogens is 2. The lowest BCUT2D eigenvalue weighted by molar-refractivity contribution is -0.0944. The van der Waals surface area contributed by atoms with Crippen molar-refractivity contribution in [3.63, 3.8) is 0 Å². The van der Waals surface area contributed by atoms with Crippen LogP contribution in [0.1, 0.15) is 20.7 Å². The average Bonchev–Trinajstić information content (AvgIpc) is 3.12. The smallest absolute Gasteiger partial charge is 0.472 e. The topological polar surface area (TPSA) is 102 Å². The van der Waals surface area contributed by atoms with E-state index in [4.69, 9.17) is 5.11 Å². The van der Waals surface area contributed by atoms with E-state index in [1.165, 1.54) is 22.8 Å². The number of rotatable bonds is 4. The maximum Gasteiger partial charge on any atom is 0.472 e. The molecular formula is C19H13F3N2O5. The van der Waals surface area contributed by atoms with Gasteiger partial charge in [-0.3, -0.25) is 14.2 Å². The van der Waals surface area contributed by atoms with E-state index in [-0.39, 0.29) is 12.2 Å². The fourth-order valence-corrected chi connectivity index (χ4v) is 2.88. The molecule has 1 aromatic carbocycles. The average molecular weight is 406 g/mol. The quantitative estimate of drug-likeness (QED) is 0.694. The second-order valence-electron chi connectivity index (χ2n) is 6.09. The molecule has 10 heteroatoms. The van der Waals surface area contributed by atoms with E-state index < -0.39 is 34.8 Å². The van der Waals surface area contributed by atoms with Crippen molar-refractivity contribution >= 4 is 11.9 Å². The normalized spacial score (nSPS) is 11.4. The first-order chi connectivity index (χ1) is 13.6. The van der Waals surface area contributed by atoms with Gasteiger partial charge in [-0.2, -0.15) is 13.2 Å². The van der Waals surface area contributed by atoms with Gasteiger partial charge in [0, 0.05) is 24.5 Å². The molecule has 29 heavy (non-hydrogen) atoms. The number of aromatic carboxylic acids is 1. The van der Waals surface area contributed by atoms with Crippen molar-refractivity contribution in [1.29, 1.82) is 0 Å². The van der Waals surface area contributed by atoms with E-state index in [0.717, 1.165) is 18.6 Å². The number of carbonyl (C=O) groups excluding carboxylic acids is 1. The number of carboxylic acid groups (broad SMARTS) is 1. The molecule has 2 heterocycles. The van der Waals surface area contributed by atoms with Crippen molar-refractivity contribution in [2.24, 2.45) is 0 Å². The maximum absolute atomic E-state index is 12.9. The van der Waals surface area contributed by atoms with E-state index in [1.54, 1.807) is 18.2 Å². The maximum atomic E-state index is 12.9. The van der Waals surface area contributed by atoms with Crippen molar-refractivity contribution < 1.29 is 33.0 Å². The number of nitrogens with zero attached hydrogens (tertiary/aromatic N) is 2. The molecule has 0 aliphatic carbocycles. The summed E-state index contributed by atoms with van der Waals surface area (Å²) in [5.74, 6) is -4.36. The van der Waals surface area contributed by atoms with Gasteiger partial charge in [0.25, 0.3) is 0 Å². The van der Waals surface area contributed by atoms with Crippen molar-refractivity contribution in [1.82, 2.24) is 9.13 Å². The predicted molar refractivity (Wildman–Crippen MR) is 95.0 cm³/mol. The van der Waals surface area contributed by atoms with E-state index in [1.807, 2.05) is 0 Å². The molecule has 2 N–H and O–H groups in total. The summed E-state index contributed by atoms with van der Waals surface area (Å²) in [5.41, 5.74) is -0.983. The van der Waals surface area contributed by atoms with Gasteiger partial charge in [0.1, 0.15) is 5.56 Å². The SMILES string of the molecule is O=C(O)c1cn(Cc2ccccc2-c2cccn2C(=O)C(F)(F)F)cc(O)c1=O. The first-order valence-electron chi connectivity index (χ1n) is 8.13. The number of benzene rings is 1. The molecule has 0 saturated heterocycles. The van der Waals surface area contributed by atoms with Crippen LogP contribution < -0.4 is 5.43 Å². The highest BCUT2D eigenvalue weighted by molar-refractivity contribution is 5.89. The Morgan fingerprint density at radius 2 is 1.72 bits per heavy atom. The van der Waals surface area contributed by atoms with Crippen LogP contribution in [0, 0.1) is 0 Å². The molecule has 0 aliphatic rings. The fourth-order valence-electron chi connectivity index (χ4n) is 2.88. The Bertz CT molecular complexity index is 1160. The lowest BCUT2D eigenvalue weighted by Crippen LogP contribution is -2.29. The van der Waals surface area contributed by atoms with Crippen molar-refractivity contribution in [2.75, 3.05) is 0 Å². The van der Waals surface area contributed by atoms with E-state index in [2.05, 4.69) is 0 Å². The third-order valence-corrected chi connectivity index (χ3v) is 4.15. The molecule has 2 aromatic heterocycles. The number of alkyl halides is 3. The third-order valence-electron chi connectivity index (χ3n) is 4.15. The van der Waals surface area contributed by atoms with Gasteiger partial charge in [0.05, 0.1) is 11.9 Å². The number of hydrogen-bond donors (Lipinski definition) is 2. The van der Waals surface area contributed by atoms with Gasteiger partial charge in [0.15, 0.2) is 5.75 Å². The fraction of sp³-hybridized carbons (Fsp3) is 0.105. The number of carbonyl (C=O) groups is 2. The molecule has 0 saturated carbocycles. The third kappa shape index (κ3) is 3.91. The second-order valence-corrected chi connectivity index (χ2v) is 6.09. The summed E-state index contributed by atoms with van der Waals surface area (Å²) >= 11 is 0. The van der Waals surface area contributed by atoms with E-state index >= 15 is 0 Å². The Morgan fingerprint density at radius 1 is 1.03 bits per heavy atom. The zero-order valence-electron chi connectivity index (χ0n) is 14.6. The minimum absolute atomic E-state index is 0.00773. The number of hydrogen-bond acceptors (Lipinski definition) is 4. The summed E-state index contributed by atoms with van der Waals surface area (Å²) in [6.45, 7) is -0.0737. The number of pyridine rings is 1. The number of carboxylic acids is 1. The van der Waals surface area contributed by atoms with Gasteiger partial charge in [-0.25, -0.2) is 4.79 Å². The van der Waals surface area contributed by atoms with Crippen LogP contribution in [-0.4, -0.2) is 37.4 Å². The molecule has 7 nitrogen and oxygen atoms in total. The Hall–Kier alpha value is -3.82. The summed E-state index contributed by atoms with van der Waals surface area (Å²) in [4.78, 5) is 34.6. The molecule has 0 aliphatic heterocycles. The molecule has 0 spiro atoms. The first kappa shape index (κ1) is 19.9. The minimum Gasteiger partial charge on any atom is -0.503 e. The monoisotopic (exact) mass is 406 g/mol. The van der Waals surface area contributed by atoms with Crippen LogP contribution in [0.2, 0.25) is 0 Å². The zero-order chi connectivity index (χ0) is 21.3. The molecule has 0 unspecified atom stereocenters. The summed E-state index contributed by atoms with van der Waals surface area (Å²) in [5, 5.41) is 18.8. The molecular weight excluding hydrogens is 393 g/mol. The van der Waals surface area contributed by atoms with Crippen LogP contribution in [0.4, 0.5) is 13.2 Å². The minimum atomic E-state index is -5.07. The molecule has 150 valence electrons. The standard InChI is InChI=1S/C19H13F3N2O5/c20-19(21,22)18(29)24-7-3-6-14(24)12-5-2-1-4-11(12)8-23-9-13(17(27)28)16(26)15(25)10-23/h1-7,9-10,25H,8H2,(H,27,28). The Morgan fingerprint density at radius 3 is 2.38 bits per heavy atom. The molecule has 0 bridgehead atoms. The van der Waals surface area contributed by atoms with Gasteiger partial charge >= 0.3 is 18.1 Å². The van der Waals surface area contributed by atoms with Gasteiger partial charge in [-0.1, -0.05) is 24.3 Å². The summed E-state index contributed by atoms with van der Waals surface area (Å²) < 4.78 is 40.3. The molecule has 0 radical (unpaired) electrons.